The van der Waals surface area contributed by atoms with Crippen molar-refractivity contribution in [1.29, 1.82) is 0 Å². The molecule has 1 fully saturated rings. The Hall–Kier alpha value is -2.13. The molecule has 2 aromatic rings. The number of methoxy groups -OCH3 is 1. The van der Waals surface area contributed by atoms with Gasteiger partial charge in [0.25, 0.3) is 5.91 Å². The number of H-pyrrole nitrogens is 1. The van der Waals surface area contributed by atoms with Crippen LogP contribution in [0.3, 0.4) is 0 Å². The molecular weight excluding hydrogens is 394 g/mol. The highest BCUT2D eigenvalue weighted by molar-refractivity contribution is 5.94. The number of nitrogens with one attached hydrogen (secondary N) is 3. The quantitative estimate of drug-likeness (QED) is 0.651. The molecule has 0 saturated carbocycles. The van der Waals surface area contributed by atoms with Crippen molar-refractivity contribution in [3.63, 3.8) is 0 Å². The molecule has 0 radical (unpaired) electrons. The fourth-order valence-corrected chi connectivity index (χ4v) is 3.86. The van der Waals surface area contributed by atoms with Gasteiger partial charge in [0.1, 0.15) is 5.75 Å². The zero-order chi connectivity index (χ0) is 19.3. The van der Waals surface area contributed by atoms with Gasteiger partial charge in [0.05, 0.1) is 26.4 Å². The first-order chi connectivity index (χ1) is 13.8. The minimum absolute atomic E-state index is 0. The number of morpholine rings is 1. The van der Waals surface area contributed by atoms with E-state index in [9.17, 15) is 4.79 Å². The molecule has 29 heavy (non-hydrogen) atoms. The van der Waals surface area contributed by atoms with E-state index in [1.54, 1.807) is 7.11 Å². The lowest BCUT2D eigenvalue weighted by atomic mass is 10.0. The predicted molar refractivity (Wildman–Crippen MR) is 112 cm³/mol. The second-order valence-electron chi connectivity index (χ2n) is 7.10. The number of carbonyl (C=O) groups is 1. The number of halogens is 1. The molecule has 1 unspecified atom stereocenters. The summed E-state index contributed by atoms with van der Waals surface area (Å²) in [5.41, 5.74) is 3.69. The van der Waals surface area contributed by atoms with Crippen molar-refractivity contribution in [2.45, 2.75) is 19.0 Å². The summed E-state index contributed by atoms with van der Waals surface area (Å²) in [6.45, 7) is 5.20. The van der Waals surface area contributed by atoms with E-state index in [0.717, 1.165) is 48.6 Å². The van der Waals surface area contributed by atoms with Crippen LogP contribution in [-0.4, -0.2) is 67.5 Å². The van der Waals surface area contributed by atoms with Crippen LogP contribution >= 0.6 is 12.4 Å². The van der Waals surface area contributed by atoms with Crippen molar-refractivity contribution in [3.05, 3.63) is 46.8 Å². The average Bonchev–Trinajstić information content (AvgIpc) is 3.19. The van der Waals surface area contributed by atoms with Crippen LogP contribution in [0.2, 0.25) is 0 Å². The molecule has 9 heteroatoms. The summed E-state index contributed by atoms with van der Waals surface area (Å²) in [5, 5.41) is 13.7. The molecule has 1 aromatic carbocycles. The van der Waals surface area contributed by atoms with Gasteiger partial charge in [-0.3, -0.25) is 14.8 Å². The van der Waals surface area contributed by atoms with E-state index in [1.807, 2.05) is 12.1 Å². The molecule has 0 aliphatic carbocycles. The molecule has 1 amide bonds. The lowest BCUT2D eigenvalue weighted by molar-refractivity contribution is 0.0162. The number of amides is 1. The van der Waals surface area contributed by atoms with Gasteiger partial charge in [-0.2, -0.15) is 5.10 Å². The zero-order valence-electron chi connectivity index (χ0n) is 16.6. The largest absolute Gasteiger partial charge is 0.497 e. The summed E-state index contributed by atoms with van der Waals surface area (Å²) in [4.78, 5) is 15.2. The second kappa shape index (κ2) is 10.1. The Bertz CT molecular complexity index is 805. The number of aromatic nitrogens is 2. The fraction of sp³-hybridized carbons (Fsp3) is 0.500. The van der Waals surface area contributed by atoms with Crippen LogP contribution in [0.15, 0.2) is 24.3 Å². The Morgan fingerprint density at radius 2 is 2.07 bits per heavy atom. The van der Waals surface area contributed by atoms with Gasteiger partial charge in [-0.25, -0.2) is 0 Å². The van der Waals surface area contributed by atoms with Gasteiger partial charge >= 0.3 is 0 Å². The maximum atomic E-state index is 12.8. The lowest BCUT2D eigenvalue weighted by Crippen LogP contribution is -2.44. The molecule has 8 nitrogen and oxygen atoms in total. The van der Waals surface area contributed by atoms with Crippen LogP contribution in [0, 0.1) is 0 Å². The van der Waals surface area contributed by atoms with Gasteiger partial charge in [0.2, 0.25) is 0 Å². The Labute approximate surface area is 176 Å². The van der Waals surface area contributed by atoms with Crippen molar-refractivity contribution in [3.8, 4) is 5.75 Å². The van der Waals surface area contributed by atoms with Crippen molar-refractivity contribution in [2.75, 3.05) is 46.5 Å². The van der Waals surface area contributed by atoms with E-state index in [0.29, 0.717) is 32.0 Å². The molecular formula is C20H28ClN5O3. The number of ether oxygens (including phenoxy) is 2. The Balaban J connectivity index is 0.00000240. The van der Waals surface area contributed by atoms with E-state index < -0.39 is 0 Å². The molecule has 0 spiro atoms. The third-order valence-electron chi connectivity index (χ3n) is 5.46. The Morgan fingerprint density at radius 1 is 1.31 bits per heavy atom. The summed E-state index contributed by atoms with van der Waals surface area (Å²) in [7, 11) is 1.66. The topological polar surface area (TPSA) is 91.5 Å². The van der Waals surface area contributed by atoms with Crippen LogP contribution in [-0.2, 0) is 17.7 Å². The Kier molecular flexibility index (Phi) is 7.49. The third kappa shape index (κ3) is 4.90. The van der Waals surface area contributed by atoms with Gasteiger partial charge in [0.15, 0.2) is 5.69 Å². The summed E-state index contributed by atoms with van der Waals surface area (Å²) in [6, 6.07) is 8.11. The van der Waals surface area contributed by atoms with E-state index >= 15 is 0 Å². The van der Waals surface area contributed by atoms with Crippen LogP contribution in [0.25, 0.3) is 0 Å². The number of nitrogens with zero attached hydrogens (tertiary/aromatic N) is 2. The first-order valence-corrected chi connectivity index (χ1v) is 9.77. The number of carbonyl (C=O) groups excluding carboxylic acids is 1. The highest BCUT2D eigenvalue weighted by Gasteiger charge is 2.26. The van der Waals surface area contributed by atoms with Gasteiger partial charge in [0, 0.05) is 50.4 Å². The normalized spacial score (nSPS) is 17.7. The minimum Gasteiger partial charge on any atom is -0.497 e. The predicted octanol–water partition coefficient (Wildman–Crippen LogP) is 1.29. The van der Waals surface area contributed by atoms with Crippen LogP contribution in [0.4, 0.5) is 0 Å². The van der Waals surface area contributed by atoms with Gasteiger partial charge in [-0.05, 0) is 17.7 Å². The molecule has 1 saturated heterocycles. The van der Waals surface area contributed by atoms with Crippen molar-refractivity contribution < 1.29 is 14.3 Å². The standard InChI is InChI=1S/C20H27N5O3.ClH/c1-27-15-4-2-14(3-5-15)18(25-8-10-28-11-9-25)13-22-20(26)19-16-12-21-7-6-17(16)23-24-19;/h2-5,18,21H,6-13H2,1H3,(H,22,26)(H,23,24);1H. The smallest absolute Gasteiger partial charge is 0.272 e. The van der Waals surface area contributed by atoms with Crippen molar-refractivity contribution >= 4 is 18.3 Å². The van der Waals surface area contributed by atoms with Crippen molar-refractivity contribution in [2.24, 2.45) is 0 Å². The van der Waals surface area contributed by atoms with Gasteiger partial charge < -0.3 is 20.1 Å². The molecule has 1 atom stereocenters. The molecule has 3 heterocycles. The molecule has 3 N–H and O–H groups in total. The van der Waals surface area contributed by atoms with Gasteiger partial charge in [-0.1, -0.05) is 12.1 Å². The van der Waals surface area contributed by atoms with Crippen LogP contribution in [0.5, 0.6) is 5.75 Å². The molecule has 0 bridgehead atoms. The van der Waals surface area contributed by atoms with Gasteiger partial charge in [-0.15, -0.1) is 12.4 Å². The van der Waals surface area contributed by atoms with E-state index in [4.69, 9.17) is 9.47 Å². The highest BCUT2D eigenvalue weighted by atomic mass is 35.5. The number of hydrogen-bond acceptors (Lipinski definition) is 6. The first kappa shape index (κ1) is 21.6. The number of aromatic amines is 1. The number of benzene rings is 1. The fourth-order valence-electron chi connectivity index (χ4n) is 3.86. The number of fused-ring (bicyclic) bond motifs is 1. The monoisotopic (exact) mass is 421 g/mol. The number of hydrogen-bond donors (Lipinski definition) is 3. The van der Waals surface area contributed by atoms with E-state index in [1.165, 1.54) is 0 Å². The zero-order valence-corrected chi connectivity index (χ0v) is 17.4. The maximum Gasteiger partial charge on any atom is 0.272 e. The summed E-state index contributed by atoms with van der Waals surface area (Å²) in [5.74, 6) is 0.692. The summed E-state index contributed by atoms with van der Waals surface area (Å²) >= 11 is 0. The molecule has 158 valence electrons. The lowest BCUT2D eigenvalue weighted by Gasteiger charge is -2.35. The second-order valence-corrected chi connectivity index (χ2v) is 7.10. The SMILES string of the molecule is COc1ccc(C(CNC(=O)c2n[nH]c3c2CNCC3)N2CCOCC2)cc1.Cl. The maximum absolute atomic E-state index is 12.8. The molecule has 2 aliphatic rings. The van der Waals surface area contributed by atoms with Crippen LogP contribution in [0.1, 0.15) is 33.4 Å². The highest BCUT2D eigenvalue weighted by Crippen LogP contribution is 2.24. The van der Waals surface area contributed by atoms with Crippen molar-refractivity contribution in [1.82, 2.24) is 25.7 Å². The first-order valence-electron chi connectivity index (χ1n) is 9.77. The molecule has 4 rings (SSSR count). The molecule has 1 aromatic heterocycles. The number of rotatable bonds is 6. The Morgan fingerprint density at radius 3 is 2.79 bits per heavy atom. The van der Waals surface area contributed by atoms with E-state index in [2.05, 4.69) is 37.9 Å². The average molecular weight is 422 g/mol. The third-order valence-corrected chi connectivity index (χ3v) is 5.46. The minimum atomic E-state index is -0.132. The summed E-state index contributed by atoms with van der Waals surface area (Å²) in [6.07, 6.45) is 0.873. The molecule has 2 aliphatic heterocycles. The van der Waals surface area contributed by atoms with Crippen LogP contribution < -0.4 is 15.4 Å². The van der Waals surface area contributed by atoms with E-state index in [-0.39, 0.29) is 24.4 Å². The summed E-state index contributed by atoms with van der Waals surface area (Å²) < 4.78 is 10.8.